The lowest BCUT2D eigenvalue weighted by atomic mass is 10.2. The lowest BCUT2D eigenvalue weighted by molar-refractivity contribution is 0.100. The largest absolute Gasteiger partial charge is 0.365 e. The Hall–Kier alpha value is -1.84. The molecule has 0 bridgehead atoms. The normalized spacial score (nSPS) is 10.6. The fourth-order valence-corrected chi connectivity index (χ4v) is 1.43. The van der Waals surface area contributed by atoms with Crippen molar-refractivity contribution in [3.8, 4) is 0 Å². The van der Waals surface area contributed by atoms with Gasteiger partial charge >= 0.3 is 0 Å². The Morgan fingerprint density at radius 3 is 3.14 bits per heavy atom. The maximum absolute atomic E-state index is 11.1. The fraction of sp³-hybridized carbons (Fsp3) is 0.200. The van der Waals surface area contributed by atoms with Crippen LogP contribution in [0.2, 0.25) is 0 Å². The molecule has 4 nitrogen and oxygen atoms in total. The lowest BCUT2D eigenvalue weighted by Crippen LogP contribution is -2.12. The van der Waals surface area contributed by atoms with Crippen LogP contribution in [0.5, 0.6) is 0 Å². The van der Waals surface area contributed by atoms with E-state index in [-0.39, 0.29) is 1.43 Å². The molecule has 0 aliphatic carbocycles. The first-order chi connectivity index (χ1) is 6.72. The van der Waals surface area contributed by atoms with Gasteiger partial charge in [-0.25, -0.2) is 4.98 Å². The van der Waals surface area contributed by atoms with E-state index in [4.69, 9.17) is 5.73 Å². The molecule has 74 valence electrons. The molecule has 2 rings (SSSR count). The summed E-state index contributed by atoms with van der Waals surface area (Å²) in [7, 11) is 0. The van der Waals surface area contributed by atoms with Gasteiger partial charge in [0.2, 0.25) is 0 Å². The number of hydrogen-bond donors (Lipinski definition) is 1. The summed E-state index contributed by atoms with van der Waals surface area (Å²) >= 11 is 0. The number of nitrogens with two attached hydrogens (primary N) is 1. The fourth-order valence-electron chi connectivity index (χ4n) is 1.43. The van der Waals surface area contributed by atoms with Crippen LogP contribution in [0.3, 0.4) is 0 Å². The van der Waals surface area contributed by atoms with E-state index in [9.17, 15) is 4.79 Å². The molecule has 1 amide bonds. The van der Waals surface area contributed by atoms with Gasteiger partial charge in [-0.2, -0.15) is 0 Å². The SMILES string of the molecule is CCc1cn2cccc(C(N)=O)c2n1.[HH]. The van der Waals surface area contributed by atoms with Crippen molar-refractivity contribution in [2.75, 3.05) is 0 Å². The van der Waals surface area contributed by atoms with Crippen LogP contribution in [0.4, 0.5) is 0 Å². The van der Waals surface area contributed by atoms with Gasteiger partial charge in [-0.1, -0.05) is 6.92 Å². The predicted molar refractivity (Wildman–Crippen MR) is 55.2 cm³/mol. The highest BCUT2D eigenvalue weighted by molar-refractivity contribution is 5.98. The summed E-state index contributed by atoms with van der Waals surface area (Å²) in [5.74, 6) is -0.441. The first-order valence-corrected chi connectivity index (χ1v) is 4.48. The Morgan fingerprint density at radius 1 is 1.71 bits per heavy atom. The molecule has 2 aromatic rings. The summed E-state index contributed by atoms with van der Waals surface area (Å²) in [6.07, 6.45) is 4.61. The van der Waals surface area contributed by atoms with E-state index in [1.54, 1.807) is 12.1 Å². The summed E-state index contributed by atoms with van der Waals surface area (Å²) < 4.78 is 1.82. The highest BCUT2D eigenvalue weighted by Crippen LogP contribution is 2.10. The molecule has 2 aromatic heterocycles. The van der Waals surface area contributed by atoms with E-state index >= 15 is 0 Å². The molecule has 0 aromatic carbocycles. The highest BCUT2D eigenvalue weighted by Gasteiger charge is 2.08. The van der Waals surface area contributed by atoms with Crippen molar-refractivity contribution < 1.29 is 6.22 Å². The van der Waals surface area contributed by atoms with E-state index in [0.29, 0.717) is 11.2 Å². The van der Waals surface area contributed by atoms with Crippen LogP contribution in [0.15, 0.2) is 24.5 Å². The minimum atomic E-state index is -0.441. The van der Waals surface area contributed by atoms with Crippen LogP contribution in [-0.2, 0) is 6.42 Å². The Balaban J connectivity index is 0.00000112. The number of carbonyl (C=O) groups excluding carboxylic acids is 1. The van der Waals surface area contributed by atoms with Crippen molar-refractivity contribution >= 4 is 11.6 Å². The number of aryl methyl sites for hydroxylation is 1. The van der Waals surface area contributed by atoms with E-state index < -0.39 is 5.91 Å². The van der Waals surface area contributed by atoms with Gasteiger partial charge in [0.05, 0.1) is 11.3 Å². The molecule has 0 fully saturated rings. The zero-order valence-corrected chi connectivity index (χ0v) is 7.90. The lowest BCUT2D eigenvalue weighted by Gasteiger charge is -1.97. The Kier molecular flexibility index (Phi) is 1.96. The van der Waals surface area contributed by atoms with Gasteiger partial charge in [-0.3, -0.25) is 4.79 Å². The topological polar surface area (TPSA) is 60.4 Å². The average molecular weight is 191 g/mol. The summed E-state index contributed by atoms with van der Waals surface area (Å²) in [6, 6.07) is 3.47. The summed E-state index contributed by atoms with van der Waals surface area (Å²) in [6.45, 7) is 2.02. The van der Waals surface area contributed by atoms with Gasteiger partial charge < -0.3 is 10.1 Å². The van der Waals surface area contributed by atoms with E-state index in [1.807, 2.05) is 23.7 Å². The number of imidazole rings is 1. The van der Waals surface area contributed by atoms with Crippen molar-refractivity contribution in [1.29, 1.82) is 0 Å². The van der Waals surface area contributed by atoms with Crippen molar-refractivity contribution in [2.24, 2.45) is 5.73 Å². The Bertz CT molecular complexity index is 492. The number of nitrogens with zero attached hydrogens (tertiary/aromatic N) is 2. The molecule has 0 aliphatic rings. The minimum Gasteiger partial charge on any atom is -0.365 e. The van der Waals surface area contributed by atoms with Crippen LogP contribution in [0.1, 0.15) is 24.4 Å². The minimum absolute atomic E-state index is 0. The molecule has 0 atom stereocenters. The van der Waals surface area contributed by atoms with Crippen LogP contribution in [-0.4, -0.2) is 15.3 Å². The molecule has 0 radical (unpaired) electrons. The van der Waals surface area contributed by atoms with Gasteiger partial charge in [-0.15, -0.1) is 0 Å². The molecular weight excluding hydrogens is 178 g/mol. The number of carbonyl (C=O) groups is 1. The predicted octanol–water partition coefficient (Wildman–Crippen LogP) is 1.24. The Labute approximate surface area is 82.9 Å². The molecule has 2 N–H and O–H groups in total. The maximum Gasteiger partial charge on any atom is 0.252 e. The van der Waals surface area contributed by atoms with Crippen LogP contribution in [0.25, 0.3) is 5.65 Å². The third-order valence-corrected chi connectivity index (χ3v) is 2.16. The first kappa shape index (κ1) is 8.74. The quantitative estimate of drug-likeness (QED) is 0.776. The van der Waals surface area contributed by atoms with Crippen LogP contribution >= 0.6 is 0 Å². The third-order valence-electron chi connectivity index (χ3n) is 2.16. The van der Waals surface area contributed by atoms with Gasteiger partial charge in [0.15, 0.2) is 0 Å². The molecule has 0 aliphatic heterocycles. The number of aromatic nitrogens is 2. The average Bonchev–Trinajstić information content (AvgIpc) is 2.59. The monoisotopic (exact) mass is 191 g/mol. The number of rotatable bonds is 2. The molecule has 4 heteroatoms. The van der Waals surface area contributed by atoms with Crippen molar-refractivity contribution in [1.82, 2.24) is 9.38 Å². The van der Waals surface area contributed by atoms with Crippen molar-refractivity contribution in [3.05, 3.63) is 35.8 Å². The molecule has 2 heterocycles. The second-order valence-electron chi connectivity index (χ2n) is 3.10. The second kappa shape index (κ2) is 3.14. The molecule has 0 saturated heterocycles. The number of hydrogen-bond acceptors (Lipinski definition) is 2. The molecule has 0 spiro atoms. The number of pyridine rings is 1. The third kappa shape index (κ3) is 1.25. The summed E-state index contributed by atoms with van der Waals surface area (Å²) in [5, 5.41) is 0. The molecule has 0 saturated carbocycles. The van der Waals surface area contributed by atoms with Crippen LogP contribution < -0.4 is 5.73 Å². The first-order valence-electron chi connectivity index (χ1n) is 4.48. The van der Waals surface area contributed by atoms with E-state index in [1.165, 1.54) is 0 Å². The Morgan fingerprint density at radius 2 is 2.50 bits per heavy atom. The van der Waals surface area contributed by atoms with Crippen molar-refractivity contribution in [3.63, 3.8) is 0 Å². The highest BCUT2D eigenvalue weighted by atomic mass is 16.1. The summed E-state index contributed by atoms with van der Waals surface area (Å²) in [4.78, 5) is 15.4. The smallest absolute Gasteiger partial charge is 0.252 e. The zero-order valence-electron chi connectivity index (χ0n) is 7.90. The van der Waals surface area contributed by atoms with Gasteiger partial charge in [0.1, 0.15) is 5.65 Å². The van der Waals surface area contributed by atoms with Gasteiger partial charge in [-0.05, 0) is 18.6 Å². The second-order valence-corrected chi connectivity index (χ2v) is 3.10. The van der Waals surface area contributed by atoms with Crippen LogP contribution in [0, 0.1) is 0 Å². The summed E-state index contributed by atoms with van der Waals surface area (Å²) in [5.41, 5.74) is 7.30. The maximum atomic E-state index is 11.1. The molecule has 14 heavy (non-hydrogen) atoms. The van der Waals surface area contributed by atoms with E-state index in [0.717, 1.165) is 12.1 Å². The van der Waals surface area contributed by atoms with Gasteiger partial charge in [0.25, 0.3) is 5.91 Å². The molecular formula is C10H13N3O. The zero-order chi connectivity index (χ0) is 10.1. The number of fused-ring (bicyclic) bond motifs is 1. The standard InChI is InChI=1S/C10H11N3O.H2/c1-2-7-6-13-5-3-4-8(9(11)14)10(13)12-7;/h3-6H,2H2,1H3,(H2,11,14);1H. The number of amides is 1. The van der Waals surface area contributed by atoms with Crippen molar-refractivity contribution in [2.45, 2.75) is 13.3 Å². The number of primary amides is 1. The molecule has 0 unspecified atom stereocenters. The van der Waals surface area contributed by atoms with Gasteiger partial charge in [0, 0.05) is 13.8 Å². The van der Waals surface area contributed by atoms with E-state index in [2.05, 4.69) is 4.98 Å².